The number of nitrogens with one attached hydrogen (secondary N) is 2. The topological polar surface area (TPSA) is 84.1 Å². The van der Waals surface area contributed by atoms with Crippen LogP contribution in [0.3, 0.4) is 0 Å². The molecule has 0 aliphatic carbocycles. The van der Waals surface area contributed by atoms with Gasteiger partial charge < -0.3 is 9.72 Å². The molecule has 0 saturated heterocycles. The van der Waals surface area contributed by atoms with Crippen LogP contribution in [-0.4, -0.2) is 28.5 Å². The fourth-order valence-corrected chi connectivity index (χ4v) is 3.74. The molecule has 2 aromatic heterocycles. The highest BCUT2D eigenvalue weighted by Crippen LogP contribution is 2.24. The van der Waals surface area contributed by atoms with Crippen molar-refractivity contribution in [3.05, 3.63) is 69.2 Å². The van der Waals surface area contributed by atoms with Gasteiger partial charge >= 0.3 is 5.97 Å². The highest BCUT2D eigenvalue weighted by Gasteiger charge is 2.23. The zero-order chi connectivity index (χ0) is 20.3. The third kappa shape index (κ3) is 4.28. The van der Waals surface area contributed by atoms with E-state index in [1.54, 1.807) is 39.1 Å². The number of thiazole rings is 1. The molecular weight excluding hydrogens is 381 g/mol. The molecule has 2 heterocycles. The predicted octanol–water partition coefficient (Wildman–Crippen LogP) is 4.25. The standard InChI is InChI=1S/C20H20FN3O3S/c1-4-27-19(26)16-11(2)17(23-12(16)3)18(25)24-20-22-10-15(28-20)9-13-5-7-14(21)8-6-13/h5-8,10,23H,4,9H2,1-3H3,(H,22,24,25). The molecule has 0 radical (unpaired) electrons. The molecular formula is C20H20FN3O3S. The molecule has 6 nitrogen and oxygen atoms in total. The van der Waals surface area contributed by atoms with Gasteiger partial charge in [0.05, 0.1) is 12.2 Å². The summed E-state index contributed by atoms with van der Waals surface area (Å²) in [6.07, 6.45) is 2.28. The van der Waals surface area contributed by atoms with Gasteiger partial charge in [0.25, 0.3) is 5.91 Å². The predicted molar refractivity (Wildman–Crippen MR) is 105 cm³/mol. The van der Waals surface area contributed by atoms with Crippen molar-refractivity contribution in [2.24, 2.45) is 0 Å². The molecule has 1 amide bonds. The van der Waals surface area contributed by atoms with Crippen LogP contribution in [0.2, 0.25) is 0 Å². The van der Waals surface area contributed by atoms with Gasteiger partial charge in [-0.2, -0.15) is 0 Å². The molecule has 0 aliphatic rings. The van der Waals surface area contributed by atoms with Gasteiger partial charge in [0, 0.05) is 23.2 Å². The van der Waals surface area contributed by atoms with Crippen LogP contribution in [0.4, 0.5) is 9.52 Å². The van der Waals surface area contributed by atoms with Crippen LogP contribution in [-0.2, 0) is 11.2 Å². The fourth-order valence-electron chi connectivity index (χ4n) is 2.90. The van der Waals surface area contributed by atoms with Gasteiger partial charge in [-0.3, -0.25) is 10.1 Å². The van der Waals surface area contributed by atoms with Gasteiger partial charge in [-0.15, -0.1) is 11.3 Å². The summed E-state index contributed by atoms with van der Waals surface area (Å²) in [5.74, 6) is -1.11. The average molecular weight is 401 g/mol. The maximum atomic E-state index is 13.0. The molecule has 0 saturated carbocycles. The second kappa shape index (κ2) is 8.35. The molecule has 0 bridgehead atoms. The molecule has 0 atom stereocenters. The number of esters is 1. The summed E-state index contributed by atoms with van der Waals surface area (Å²) in [6, 6.07) is 6.26. The normalized spacial score (nSPS) is 10.7. The smallest absolute Gasteiger partial charge is 0.340 e. The first kappa shape index (κ1) is 19.8. The first-order valence-corrected chi connectivity index (χ1v) is 9.57. The quantitative estimate of drug-likeness (QED) is 0.605. The van der Waals surface area contributed by atoms with Crippen LogP contribution >= 0.6 is 11.3 Å². The molecule has 8 heteroatoms. The number of aromatic nitrogens is 2. The number of carbonyl (C=O) groups excluding carboxylic acids is 2. The zero-order valence-electron chi connectivity index (χ0n) is 15.8. The number of ether oxygens (including phenoxy) is 1. The summed E-state index contributed by atoms with van der Waals surface area (Å²) in [5.41, 5.74) is 2.76. The summed E-state index contributed by atoms with van der Waals surface area (Å²) in [7, 11) is 0. The molecule has 146 valence electrons. The van der Waals surface area contributed by atoms with E-state index in [0.717, 1.165) is 10.4 Å². The summed E-state index contributed by atoms with van der Waals surface area (Å²) < 4.78 is 18.0. The largest absolute Gasteiger partial charge is 0.462 e. The summed E-state index contributed by atoms with van der Waals surface area (Å²) in [6.45, 7) is 5.42. The maximum absolute atomic E-state index is 13.0. The highest BCUT2D eigenvalue weighted by molar-refractivity contribution is 7.15. The molecule has 0 spiro atoms. The zero-order valence-corrected chi connectivity index (χ0v) is 16.6. The second-order valence-corrected chi connectivity index (χ2v) is 7.35. The molecule has 1 aromatic carbocycles. The Morgan fingerprint density at radius 2 is 1.96 bits per heavy atom. The Morgan fingerprint density at radius 1 is 1.25 bits per heavy atom. The van der Waals surface area contributed by atoms with Crippen molar-refractivity contribution in [3.8, 4) is 0 Å². The van der Waals surface area contributed by atoms with E-state index in [0.29, 0.717) is 34.1 Å². The molecule has 3 rings (SSSR count). The number of halogens is 1. The van der Waals surface area contributed by atoms with Gasteiger partial charge in [0.15, 0.2) is 5.13 Å². The highest BCUT2D eigenvalue weighted by atomic mass is 32.1. The Hall–Kier alpha value is -3.00. The number of aromatic amines is 1. The van der Waals surface area contributed by atoms with Crippen LogP contribution in [0.1, 0.15) is 49.5 Å². The number of amides is 1. The van der Waals surface area contributed by atoms with E-state index in [9.17, 15) is 14.0 Å². The molecule has 28 heavy (non-hydrogen) atoms. The maximum Gasteiger partial charge on any atom is 0.340 e. The monoisotopic (exact) mass is 401 g/mol. The van der Waals surface area contributed by atoms with Crippen LogP contribution in [0.5, 0.6) is 0 Å². The van der Waals surface area contributed by atoms with E-state index in [-0.39, 0.29) is 18.3 Å². The SMILES string of the molecule is CCOC(=O)c1c(C)[nH]c(C(=O)Nc2ncc(Cc3ccc(F)cc3)s2)c1C. The first-order valence-electron chi connectivity index (χ1n) is 8.75. The van der Waals surface area contributed by atoms with Crippen LogP contribution < -0.4 is 5.32 Å². The lowest BCUT2D eigenvalue weighted by molar-refractivity contribution is 0.0525. The van der Waals surface area contributed by atoms with E-state index in [1.807, 2.05) is 0 Å². The molecule has 3 aromatic rings. The van der Waals surface area contributed by atoms with Crippen LogP contribution in [0, 0.1) is 19.7 Å². The van der Waals surface area contributed by atoms with Crippen molar-refractivity contribution in [1.29, 1.82) is 0 Å². The van der Waals surface area contributed by atoms with Crippen molar-refractivity contribution < 1.29 is 18.7 Å². The average Bonchev–Trinajstić information content (AvgIpc) is 3.20. The number of aryl methyl sites for hydroxylation is 1. The number of rotatable bonds is 6. The van der Waals surface area contributed by atoms with Crippen molar-refractivity contribution in [2.45, 2.75) is 27.2 Å². The van der Waals surface area contributed by atoms with Crippen LogP contribution in [0.25, 0.3) is 0 Å². The number of hydrogen-bond donors (Lipinski definition) is 2. The Balaban J connectivity index is 1.72. The summed E-state index contributed by atoms with van der Waals surface area (Å²) in [5, 5.41) is 3.20. The van der Waals surface area contributed by atoms with E-state index in [4.69, 9.17) is 4.74 Å². The summed E-state index contributed by atoms with van der Waals surface area (Å²) >= 11 is 1.34. The minimum atomic E-state index is -0.455. The Kier molecular flexibility index (Phi) is 5.89. The molecule has 0 fully saturated rings. The third-order valence-electron chi connectivity index (χ3n) is 4.21. The van der Waals surface area contributed by atoms with E-state index < -0.39 is 5.97 Å². The van der Waals surface area contributed by atoms with Crippen molar-refractivity contribution >= 4 is 28.3 Å². The van der Waals surface area contributed by atoms with E-state index >= 15 is 0 Å². The third-order valence-corrected chi connectivity index (χ3v) is 5.12. The fraction of sp³-hybridized carbons (Fsp3) is 0.250. The van der Waals surface area contributed by atoms with Gasteiger partial charge in [-0.25, -0.2) is 14.2 Å². The molecule has 2 N–H and O–H groups in total. The van der Waals surface area contributed by atoms with Gasteiger partial charge in [0.2, 0.25) is 0 Å². The van der Waals surface area contributed by atoms with Crippen molar-refractivity contribution in [3.63, 3.8) is 0 Å². The number of hydrogen-bond acceptors (Lipinski definition) is 5. The summed E-state index contributed by atoms with van der Waals surface area (Å²) in [4.78, 5) is 32.8. The number of anilines is 1. The lowest BCUT2D eigenvalue weighted by Gasteiger charge is -2.03. The second-order valence-electron chi connectivity index (χ2n) is 6.23. The van der Waals surface area contributed by atoms with E-state index in [1.165, 1.54) is 23.5 Å². The van der Waals surface area contributed by atoms with Crippen molar-refractivity contribution in [1.82, 2.24) is 9.97 Å². The van der Waals surface area contributed by atoms with E-state index in [2.05, 4.69) is 15.3 Å². The van der Waals surface area contributed by atoms with Gasteiger partial charge in [0.1, 0.15) is 11.5 Å². The minimum Gasteiger partial charge on any atom is -0.462 e. The Bertz CT molecular complexity index is 1010. The molecule has 0 unspecified atom stereocenters. The van der Waals surface area contributed by atoms with Gasteiger partial charge in [-0.1, -0.05) is 12.1 Å². The Labute approximate surface area is 165 Å². The number of nitrogens with zero attached hydrogens (tertiary/aromatic N) is 1. The first-order chi connectivity index (χ1) is 13.4. The Morgan fingerprint density at radius 3 is 2.64 bits per heavy atom. The number of H-pyrrole nitrogens is 1. The lowest BCUT2D eigenvalue weighted by Crippen LogP contribution is -2.14. The van der Waals surface area contributed by atoms with Gasteiger partial charge in [-0.05, 0) is 44.0 Å². The van der Waals surface area contributed by atoms with Crippen molar-refractivity contribution in [2.75, 3.05) is 11.9 Å². The number of carbonyl (C=O) groups is 2. The lowest BCUT2D eigenvalue weighted by atomic mass is 10.1. The molecule has 0 aliphatic heterocycles. The van der Waals surface area contributed by atoms with Crippen LogP contribution in [0.15, 0.2) is 30.5 Å². The number of benzene rings is 1. The minimum absolute atomic E-state index is 0.264.